The summed E-state index contributed by atoms with van der Waals surface area (Å²) in [5.41, 5.74) is 2.84. The van der Waals surface area contributed by atoms with Crippen LogP contribution in [0.4, 0.5) is 0 Å². The Balaban J connectivity index is 1.97. The highest BCUT2D eigenvalue weighted by atomic mass is 16.3. The number of nitrogens with zero attached hydrogens (tertiary/aromatic N) is 3. The lowest BCUT2D eigenvalue weighted by Crippen LogP contribution is -2.27. The number of carbonyl (C=O) groups is 1. The average molecular weight is 310 g/mol. The van der Waals surface area contributed by atoms with Crippen LogP contribution in [0.2, 0.25) is 0 Å². The Bertz CT molecular complexity index is 955. The molecule has 2 heterocycles. The van der Waals surface area contributed by atoms with Gasteiger partial charge in [-0.25, -0.2) is 10.1 Å². The molecule has 0 aliphatic carbocycles. The predicted molar refractivity (Wildman–Crippen MR) is 85.4 cm³/mol. The SMILES string of the molecule is C/C(=N\NC(=O)c1nn(C)c(=O)c2ccccc12)c1ccco1. The third-order valence-electron chi connectivity index (χ3n) is 3.37. The van der Waals surface area contributed by atoms with Crippen LogP contribution in [-0.4, -0.2) is 21.4 Å². The van der Waals surface area contributed by atoms with E-state index in [1.54, 1.807) is 43.3 Å². The first-order valence-corrected chi connectivity index (χ1v) is 6.92. The Morgan fingerprint density at radius 3 is 2.65 bits per heavy atom. The minimum Gasteiger partial charge on any atom is -0.463 e. The summed E-state index contributed by atoms with van der Waals surface area (Å²) in [4.78, 5) is 24.4. The molecule has 7 nitrogen and oxygen atoms in total. The molecule has 0 bridgehead atoms. The molecule has 0 saturated heterocycles. The number of furan rings is 1. The van der Waals surface area contributed by atoms with E-state index in [1.807, 2.05) is 0 Å². The topological polar surface area (TPSA) is 89.5 Å². The fourth-order valence-electron chi connectivity index (χ4n) is 2.19. The first kappa shape index (κ1) is 14.7. The maximum atomic E-state index is 12.4. The monoisotopic (exact) mass is 310 g/mol. The van der Waals surface area contributed by atoms with E-state index < -0.39 is 5.91 Å². The minimum atomic E-state index is -0.497. The second-order valence-corrected chi connectivity index (χ2v) is 4.94. The highest BCUT2D eigenvalue weighted by molar-refractivity contribution is 6.05. The molecule has 23 heavy (non-hydrogen) atoms. The number of carbonyl (C=O) groups excluding carboxylic acids is 1. The van der Waals surface area contributed by atoms with Crippen molar-refractivity contribution in [3.05, 3.63) is 64.5 Å². The molecule has 0 radical (unpaired) electrons. The summed E-state index contributed by atoms with van der Waals surface area (Å²) in [6, 6.07) is 10.3. The van der Waals surface area contributed by atoms with E-state index in [0.717, 1.165) is 4.68 Å². The molecule has 0 aliphatic rings. The molecule has 1 amide bonds. The Kier molecular flexibility index (Phi) is 3.76. The van der Waals surface area contributed by atoms with E-state index >= 15 is 0 Å². The number of nitrogens with one attached hydrogen (secondary N) is 1. The van der Waals surface area contributed by atoms with Gasteiger partial charge in [0.1, 0.15) is 11.5 Å². The fourth-order valence-corrected chi connectivity index (χ4v) is 2.19. The summed E-state index contributed by atoms with van der Waals surface area (Å²) < 4.78 is 6.33. The summed E-state index contributed by atoms with van der Waals surface area (Å²) in [6.45, 7) is 1.71. The molecule has 1 aromatic carbocycles. The number of aromatic nitrogens is 2. The van der Waals surface area contributed by atoms with Crippen molar-refractivity contribution in [3.63, 3.8) is 0 Å². The first-order chi connectivity index (χ1) is 11.1. The van der Waals surface area contributed by atoms with Crippen molar-refractivity contribution in [1.29, 1.82) is 0 Å². The van der Waals surface area contributed by atoms with Crippen molar-refractivity contribution < 1.29 is 9.21 Å². The van der Waals surface area contributed by atoms with Crippen LogP contribution in [0.15, 0.2) is 57.0 Å². The minimum absolute atomic E-state index is 0.138. The van der Waals surface area contributed by atoms with E-state index in [2.05, 4.69) is 15.6 Å². The van der Waals surface area contributed by atoms with Gasteiger partial charge in [0.05, 0.1) is 11.6 Å². The molecule has 0 atom stereocenters. The van der Waals surface area contributed by atoms with Crippen LogP contribution >= 0.6 is 0 Å². The smallest absolute Gasteiger partial charge is 0.292 e. The molecule has 0 saturated carbocycles. The van der Waals surface area contributed by atoms with Crippen LogP contribution in [0.1, 0.15) is 23.2 Å². The number of aryl methyl sites for hydroxylation is 1. The van der Waals surface area contributed by atoms with Gasteiger partial charge in [-0.3, -0.25) is 9.59 Å². The van der Waals surface area contributed by atoms with Crippen LogP contribution in [0.5, 0.6) is 0 Å². The third kappa shape index (κ3) is 2.76. The molecular weight excluding hydrogens is 296 g/mol. The normalized spacial score (nSPS) is 11.7. The standard InChI is InChI=1S/C16H14N4O3/c1-10(13-8-5-9-23-13)17-18-15(21)14-11-6-3-4-7-12(11)16(22)20(2)19-14/h3-9H,1-2H3,(H,18,21)/b17-10+. The van der Waals surface area contributed by atoms with Gasteiger partial charge in [0.25, 0.3) is 11.5 Å². The zero-order chi connectivity index (χ0) is 16.4. The summed E-state index contributed by atoms with van der Waals surface area (Å²) in [6.07, 6.45) is 1.53. The number of hydrazone groups is 1. The van der Waals surface area contributed by atoms with Crippen LogP contribution in [0.3, 0.4) is 0 Å². The molecule has 3 rings (SSSR count). The number of benzene rings is 1. The molecule has 0 aliphatic heterocycles. The van der Waals surface area contributed by atoms with Gasteiger partial charge < -0.3 is 4.42 Å². The van der Waals surface area contributed by atoms with Crippen molar-refractivity contribution >= 4 is 22.4 Å². The number of rotatable bonds is 3. The Morgan fingerprint density at radius 2 is 1.96 bits per heavy atom. The van der Waals surface area contributed by atoms with E-state index in [1.165, 1.54) is 13.3 Å². The summed E-state index contributed by atoms with van der Waals surface area (Å²) in [7, 11) is 1.50. The van der Waals surface area contributed by atoms with Crippen molar-refractivity contribution in [2.45, 2.75) is 6.92 Å². The predicted octanol–water partition coefficient (Wildman–Crippen LogP) is 1.68. The van der Waals surface area contributed by atoms with Crippen molar-refractivity contribution in [2.24, 2.45) is 12.1 Å². The van der Waals surface area contributed by atoms with Gasteiger partial charge in [-0.15, -0.1) is 0 Å². The number of hydrogen-bond donors (Lipinski definition) is 1. The molecular formula is C16H14N4O3. The Hall–Kier alpha value is -3.22. The Morgan fingerprint density at radius 1 is 1.22 bits per heavy atom. The molecule has 2 aromatic heterocycles. The van der Waals surface area contributed by atoms with Gasteiger partial charge in [-0.05, 0) is 25.1 Å². The van der Waals surface area contributed by atoms with Crippen LogP contribution in [-0.2, 0) is 7.05 Å². The zero-order valence-corrected chi connectivity index (χ0v) is 12.6. The van der Waals surface area contributed by atoms with Crippen LogP contribution in [0.25, 0.3) is 10.8 Å². The third-order valence-corrected chi connectivity index (χ3v) is 3.37. The second kappa shape index (κ2) is 5.88. The average Bonchev–Trinajstić information content (AvgIpc) is 3.10. The highest BCUT2D eigenvalue weighted by Gasteiger charge is 2.15. The van der Waals surface area contributed by atoms with E-state index in [4.69, 9.17) is 4.42 Å². The lowest BCUT2D eigenvalue weighted by molar-refractivity contribution is 0.0949. The molecule has 3 aromatic rings. The summed E-state index contributed by atoms with van der Waals surface area (Å²) >= 11 is 0. The quantitative estimate of drug-likeness (QED) is 0.589. The number of hydrogen-bond acceptors (Lipinski definition) is 5. The van der Waals surface area contributed by atoms with Gasteiger partial charge in [0, 0.05) is 12.4 Å². The van der Waals surface area contributed by atoms with E-state index in [0.29, 0.717) is 22.2 Å². The van der Waals surface area contributed by atoms with Crippen molar-refractivity contribution in [1.82, 2.24) is 15.2 Å². The number of fused-ring (bicyclic) bond motifs is 1. The van der Waals surface area contributed by atoms with Gasteiger partial charge in [0.15, 0.2) is 5.69 Å². The largest absolute Gasteiger partial charge is 0.463 e. The first-order valence-electron chi connectivity index (χ1n) is 6.92. The second-order valence-electron chi connectivity index (χ2n) is 4.94. The molecule has 0 fully saturated rings. The van der Waals surface area contributed by atoms with Gasteiger partial charge in [0.2, 0.25) is 0 Å². The van der Waals surface area contributed by atoms with E-state index in [9.17, 15) is 9.59 Å². The van der Waals surface area contributed by atoms with Gasteiger partial charge >= 0.3 is 0 Å². The van der Waals surface area contributed by atoms with Gasteiger partial charge in [-0.1, -0.05) is 18.2 Å². The zero-order valence-electron chi connectivity index (χ0n) is 12.6. The lowest BCUT2D eigenvalue weighted by Gasteiger charge is -2.06. The van der Waals surface area contributed by atoms with Gasteiger partial charge in [-0.2, -0.15) is 10.2 Å². The molecule has 0 spiro atoms. The maximum absolute atomic E-state index is 12.4. The number of amides is 1. The molecule has 0 unspecified atom stereocenters. The van der Waals surface area contributed by atoms with Crippen molar-refractivity contribution in [2.75, 3.05) is 0 Å². The fraction of sp³-hybridized carbons (Fsp3) is 0.125. The van der Waals surface area contributed by atoms with Crippen LogP contribution < -0.4 is 11.0 Å². The molecule has 116 valence electrons. The Labute approximate surface area is 131 Å². The van der Waals surface area contributed by atoms with Crippen molar-refractivity contribution in [3.8, 4) is 0 Å². The highest BCUT2D eigenvalue weighted by Crippen LogP contribution is 2.12. The van der Waals surface area contributed by atoms with Crippen LogP contribution in [0, 0.1) is 0 Å². The molecule has 1 N–H and O–H groups in total. The summed E-state index contributed by atoms with van der Waals surface area (Å²) in [5.74, 6) is 0.0614. The van der Waals surface area contributed by atoms with E-state index in [-0.39, 0.29) is 11.3 Å². The summed E-state index contributed by atoms with van der Waals surface area (Å²) in [5, 5.41) is 8.96. The maximum Gasteiger partial charge on any atom is 0.292 e. The molecule has 7 heteroatoms. The lowest BCUT2D eigenvalue weighted by atomic mass is 10.1.